The van der Waals surface area contributed by atoms with Crippen LogP contribution in [0.1, 0.15) is 11.1 Å². The number of hydrogen-bond acceptors (Lipinski definition) is 2. The van der Waals surface area contributed by atoms with Gasteiger partial charge in [0, 0.05) is 35.7 Å². The van der Waals surface area contributed by atoms with Gasteiger partial charge in [0.05, 0.1) is 7.11 Å². The summed E-state index contributed by atoms with van der Waals surface area (Å²) in [5.41, 5.74) is 2.62. The number of nitrogens with zero attached hydrogens (tertiary/aromatic N) is 1. The highest BCUT2D eigenvalue weighted by Crippen LogP contribution is 2.27. The van der Waals surface area contributed by atoms with Crippen LogP contribution in [0.2, 0.25) is 0 Å². The first-order chi connectivity index (χ1) is 9.67. The summed E-state index contributed by atoms with van der Waals surface area (Å²) in [7, 11) is 3.61. The summed E-state index contributed by atoms with van der Waals surface area (Å²) in [6, 6.07) is 13.0. The number of hydrogen-bond donors (Lipinski definition) is 0. The Balaban J connectivity index is 2.28. The second kappa shape index (κ2) is 6.75. The van der Waals surface area contributed by atoms with Gasteiger partial charge in [0.1, 0.15) is 11.6 Å². The summed E-state index contributed by atoms with van der Waals surface area (Å²) >= 11 is 3.35. The van der Waals surface area contributed by atoms with Crippen LogP contribution < -0.4 is 9.64 Å². The van der Waals surface area contributed by atoms with Crippen LogP contribution in [0.25, 0.3) is 0 Å². The van der Waals surface area contributed by atoms with E-state index in [1.807, 2.05) is 42.3 Å². The molecule has 0 aliphatic heterocycles. The summed E-state index contributed by atoms with van der Waals surface area (Å²) in [4.78, 5) is 2.03. The normalized spacial score (nSPS) is 10.4. The van der Waals surface area contributed by atoms with Crippen molar-refractivity contribution in [1.29, 1.82) is 0 Å². The van der Waals surface area contributed by atoms with E-state index in [0.717, 1.165) is 17.0 Å². The average Bonchev–Trinajstić information content (AvgIpc) is 2.47. The van der Waals surface area contributed by atoms with Crippen LogP contribution in [0.3, 0.4) is 0 Å². The molecule has 0 amide bonds. The molecule has 2 aromatic carbocycles. The van der Waals surface area contributed by atoms with Crippen LogP contribution in [-0.2, 0) is 11.9 Å². The van der Waals surface area contributed by atoms with Gasteiger partial charge in [0.15, 0.2) is 0 Å². The lowest BCUT2D eigenvalue weighted by Gasteiger charge is -2.23. The van der Waals surface area contributed by atoms with Crippen molar-refractivity contribution in [2.24, 2.45) is 0 Å². The highest BCUT2D eigenvalue weighted by atomic mass is 79.9. The summed E-state index contributed by atoms with van der Waals surface area (Å²) < 4.78 is 19.2. The van der Waals surface area contributed by atoms with Crippen molar-refractivity contribution in [3.05, 3.63) is 59.4 Å². The van der Waals surface area contributed by atoms with E-state index in [9.17, 15) is 4.39 Å². The van der Waals surface area contributed by atoms with Crippen molar-refractivity contribution in [3.8, 4) is 5.75 Å². The van der Waals surface area contributed by atoms with E-state index < -0.39 is 0 Å². The Kier molecular flexibility index (Phi) is 5.01. The molecule has 0 fully saturated rings. The molecule has 4 heteroatoms. The minimum atomic E-state index is -0.189. The number of methoxy groups -OCH3 is 1. The van der Waals surface area contributed by atoms with E-state index in [1.165, 1.54) is 6.07 Å². The highest BCUT2D eigenvalue weighted by Gasteiger charge is 2.12. The van der Waals surface area contributed by atoms with E-state index in [1.54, 1.807) is 13.2 Å². The third kappa shape index (κ3) is 3.12. The van der Waals surface area contributed by atoms with Crippen molar-refractivity contribution >= 4 is 21.6 Å². The number of benzene rings is 2. The smallest absolute Gasteiger partial charge is 0.129 e. The molecule has 106 valence electrons. The number of halogens is 2. The first-order valence-corrected chi connectivity index (χ1v) is 7.46. The molecule has 2 nitrogen and oxygen atoms in total. The van der Waals surface area contributed by atoms with Gasteiger partial charge < -0.3 is 9.64 Å². The van der Waals surface area contributed by atoms with Crippen molar-refractivity contribution < 1.29 is 9.13 Å². The van der Waals surface area contributed by atoms with Crippen molar-refractivity contribution in [2.45, 2.75) is 11.9 Å². The molecule has 0 aliphatic rings. The van der Waals surface area contributed by atoms with Gasteiger partial charge in [-0.25, -0.2) is 4.39 Å². The number of alkyl halides is 1. The Morgan fingerprint density at radius 3 is 2.60 bits per heavy atom. The van der Waals surface area contributed by atoms with Crippen molar-refractivity contribution in [2.75, 3.05) is 19.1 Å². The molecule has 0 spiro atoms. The van der Waals surface area contributed by atoms with E-state index in [4.69, 9.17) is 4.74 Å². The quantitative estimate of drug-likeness (QED) is 0.751. The monoisotopic (exact) mass is 337 g/mol. The average molecular weight is 338 g/mol. The molecule has 0 saturated heterocycles. The van der Waals surface area contributed by atoms with Gasteiger partial charge in [-0.15, -0.1) is 0 Å². The lowest BCUT2D eigenvalue weighted by atomic mass is 10.1. The lowest BCUT2D eigenvalue weighted by molar-refractivity contribution is 0.409. The van der Waals surface area contributed by atoms with E-state index in [0.29, 0.717) is 17.4 Å². The summed E-state index contributed by atoms with van der Waals surface area (Å²) in [6.45, 7) is 0.660. The van der Waals surface area contributed by atoms with Crippen LogP contribution in [-0.4, -0.2) is 14.2 Å². The Morgan fingerprint density at radius 2 is 1.90 bits per heavy atom. The van der Waals surface area contributed by atoms with E-state index >= 15 is 0 Å². The van der Waals surface area contributed by atoms with Crippen LogP contribution in [0.4, 0.5) is 10.1 Å². The molecule has 20 heavy (non-hydrogen) atoms. The van der Waals surface area contributed by atoms with Crippen LogP contribution >= 0.6 is 15.9 Å². The lowest BCUT2D eigenvalue weighted by Crippen LogP contribution is -2.18. The third-order valence-electron chi connectivity index (χ3n) is 3.24. The number of para-hydroxylation sites is 1. The molecule has 2 rings (SSSR count). The third-order valence-corrected chi connectivity index (χ3v) is 3.80. The van der Waals surface area contributed by atoms with Gasteiger partial charge >= 0.3 is 0 Å². The fourth-order valence-corrected chi connectivity index (χ4v) is 2.77. The van der Waals surface area contributed by atoms with Gasteiger partial charge in [-0.2, -0.15) is 0 Å². The molecule has 0 radical (unpaired) electrons. The highest BCUT2D eigenvalue weighted by molar-refractivity contribution is 9.08. The van der Waals surface area contributed by atoms with Crippen molar-refractivity contribution in [3.63, 3.8) is 0 Å². The first kappa shape index (κ1) is 14.9. The van der Waals surface area contributed by atoms with Gasteiger partial charge in [0.25, 0.3) is 0 Å². The summed E-state index contributed by atoms with van der Waals surface area (Å²) in [6.07, 6.45) is 0. The fourth-order valence-electron chi connectivity index (χ4n) is 2.21. The number of anilines is 1. The first-order valence-electron chi connectivity index (χ1n) is 6.33. The molecule has 0 aliphatic carbocycles. The van der Waals surface area contributed by atoms with Gasteiger partial charge in [-0.3, -0.25) is 0 Å². The molecule has 0 unspecified atom stereocenters. The SMILES string of the molecule is COc1ccccc1CN(C)c1cccc(F)c1CBr. The minimum Gasteiger partial charge on any atom is -0.496 e. The minimum absolute atomic E-state index is 0.189. The Bertz CT molecular complexity index is 588. The Labute approximate surface area is 127 Å². The van der Waals surface area contributed by atoms with Crippen LogP contribution in [0.5, 0.6) is 5.75 Å². The van der Waals surface area contributed by atoms with E-state index in [2.05, 4.69) is 15.9 Å². The Hall–Kier alpha value is -1.55. The molecule has 2 aromatic rings. The van der Waals surface area contributed by atoms with Crippen LogP contribution in [0, 0.1) is 5.82 Å². The molecule has 0 bridgehead atoms. The second-order valence-electron chi connectivity index (χ2n) is 4.54. The molecule has 0 N–H and O–H groups in total. The van der Waals surface area contributed by atoms with E-state index in [-0.39, 0.29) is 5.82 Å². The zero-order valence-electron chi connectivity index (χ0n) is 11.6. The summed E-state index contributed by atoms with van der Waals surface area (Å²) in [5.74, 6) is 0.655. The predicted molar refractivity (Wildman–Crippen MR) is 84.1 cm³/mol. The molecular formula is C16H17BrFNO. The fraction of sp³-hybridized carbons (Fsp3) is 0.250. The molecule has 0 atom stereocenters. The molecule has 0 saturated carbocycles. The van der Waals surface area contributed by atoms with Gasteiger partial charge in [-0.05, 0) is 18.2 Å². The second-order valence-corrected chi connectivity index (χ2v) is 5.10. The number of ether oxygens (including phenoxy) is 1. The Morgan fingerprint density at radius 1 is 1.15 bits per heavy atom. The molecule has 0 aromatic heterocycles. The zero-order chi connectivity index (χ0) is 14.5. The van der Waals surface area contributed by atoms with Crippen molar-refractivity contribution in [1.82, 2.24) is 0 Å². The number of rotatable bonds is 5. The molecule has 0 heterocycles. The van der Waals surface area contributed by atoms with Gasteiger partial charge in [-0.1, -0.05) is 40.2 Å². The largest absolute Gasteiger partial charge is 0.496 e. The maximum absolute atomic E-state index is 13.8. The van der Waals surface area contributed by atoms with Gasteiger partial charge in [0.2, 0.25) is 0 Å². The summed E-state index contributed by atoms with van der Waals surface area (Å²) in [5, 5.41) is 0.491. The molecular weight excluding hydrogens is 321 g/mol. The predicted octanol–water partition coefficient (Wildman–Crippen LogP) is 4.37. The zero-order valence-corrected chi connectivity index (χ0v) is 13.2. The van der Waals surface area contributed by atoms with Crippen LogP contribution in [0.15, 0.2) is 42.5 Å². The maximum Gasteiger partial charge on any atom is 0.129 e. The topological polar surface area (TPSA) is 12.5 Å². The standard InChI is InChI=1S/C16H17BrFNO/c1-19(11-12-6-3-4-9-16(12)20-2)15-8-5-7-14(18)13(15)10-17/h3-9H,10-11H2,1-2H3. The maximum atomic E-state index is 13.8.